The summed E-state index contributed by atoms with van der Waals surface area (Å²) < 4.78 is 18.0. The van der Waals surface area contributed by atoms with Crippen LogP contribution in [-0.2, 0) is 4.74 Å². The third-order valence-corrected chi connectivity index (χ3v) is 2.80. The van der Waals surface area contributed by atoms with Gasteiger partial charge in [0.1, 0.15) is 5.82 Å². The highest BCUT2D eigenvalue weighted by atomic mass is 19.1. The molecule has 4 heteroatoms. The summed E-state index contributed by atoms with van der Waals surface area (Å²) in [4.78, 5) is 4.00. The second kappa shape index (κ2) is 4.68. The molecule has 1 fully saturated rings. The molecule has 1 aliphatic rings. The lowest BCUT2D eigenvalue weighted by molar-refractivity contribution is 0.0442. The smallest absolute Gasteiger partial charge is 0.141 e. The first-order chi connectivity index (χ1) is 7.27. The van der Waals surface area contributed by atoms with E-state index in [0.29, 0.717) is 12.5 Å². The lowest BCUT2D eigenvalue weighted by atomic mass is 9.92. The Balaban J connectivity index is 2.05. The summed E-state index contributed by atoms with van der Waals surface area (Å²) in [6.45, 7) is 1.50. The van der Waals surface area contributed by atoms with Crippen molar-refractivity contribution in [2.24, 2.45) is 11.7 Å². The molecule has 0 aromatic carbocycles. The molecule has 1 aromatic heterocycles. The number of aromatic nitrogens is 1. The van der Waals surface area contributed by atoms with Gasteiger partial charge < -0.3 is 10.5 Å². The number of ether oxygens (including phenoxy) is 1. The van der Waals surface area contributed by atoms with Crippen molar-refractivity contribution in [2.45, 2.75) is 18.9 Å². The molecule has 82 valence electrons. The van der Waals surface area contributed by atoms with Crippen LogP contribution in [0.4, 0.5) is 4.39 Å². The van der Waals surface area contributed by atoms with Gasteiger partial charge in [-0.2, -0.15) is 0 Å². The normalized spacial score (nSPS) is 23.7. The molecule has 2 atom stereocenters. The van der Waals surface area contributed by atoms with Crippen LogP contribution in [0.25, 0.3) is 0 Å². The number of nitrogens with zero attached hydrogens (tertiary/aromatic N) is 1. The Bertz CT molecular complexity index is 309. The Morgan fingerprint density at radius 2 is 2.40 bits per heavy atom. The number of pyridine rings is 1. The molecule has 0 aliphatic carbocycles. The van der Waals surface area contributed by atoms with Crippen LogP contribution >= 0.6 is 0 Å². The summed E-state index contributed by atoms with van der Waals surface area (Å²) in [6, 6.07) is 2.89. The maximum absolute atomic E-state index is 12.7. The fourth-order valence-corrected chi connectivity index (χ4v) is 1.87. The predicted octanol–water partition coefficient (Wildman–Crippen LogP) is 1.65. The minimum Gasteiger partial charge on any atom is -0.381 e. The van der Waals surface area contributed by atoms with E-state index >= 15 is 0 Å². The molecule has 0 radical (unpaired) electrons. The number of hydrogen-bond donors (Lipinski definition) is 1. The molecular formula is C11H15FN2O. The summed E-state index contributed by atoms with van der Waals surface area (Å²) in [5.74, 6) is -0.0254. The lowest BCUT2D eigenvalue weighted by Crippen LogP contribution is -2.29. The molecule has 1 aromatic rings. The largest absolute Gasteiger partial charge is 0.381 e. The van der Waals surface area contributed by atoms with Gasteiger partial charge in [0.25, 0.3) is 0 Å². The van der Waals surface area contributed by atoms with Crippen LogP contribution in [0.1, 0.15) is 24.6 Å². The molecule has 2 heterocycles. The Hall–Kier alpha value is -1.00. The predicted molar refractivity (Wildman–Crippen MR) is 54.7 cm³/mol. The van der Waals surface area contributed by atoms with Gasteiger partial charge in [0.15, 0.2) is 0 Å². The van der Waals surface area contributed by atoms with Crippen molar-refractivity contribution in [3.05, 3.63) is 29.8 Å². The quantitative estimate of drug-likeness (QED) is 0.807. The molecule has 0 bridgehead atoms. The number of halogens is 1. The van der Waals surface area contributed by atoms with E-state index in [-0.39, 0.29) is 11.9 Å². The Labute approximate surface area is 88.5 Å². The first kappa shape index (κ1) is 10.5. The zero-order valence-electron chi connectivity index (χ0n) is 8.53. The van der Waals surface area contributed by atoms with Gasteiger partial charge in [0.05, 0.1) is 24.5 Å². The fraction of sp³-hybridized carbons (Fsp3) is 0.545. The topological polar surface area (TPSA) is 48.1 Å². The Morgan fingerprint density at radius 1 is 1.53 bits per heavy atom. The van der Waals surface area contributed by atoms with Crippen LogP contribution in [0.3, 0.4) is 0 Å². The van der Waals surface area contributed by atoms with E-state index in [1.54, 1.807) is 6.07 Å². The van der Waals surface area contributed by atoms with Gasteiger partial charge in [0, 0.05) is 12.5 Å². The van der Waals surface area contributed by atoms with Crippen molar-refractivity contribution in [3.63, 3.8) is 0 Å². The van der Waals surface area contributed by atoms with Crippen LogP contribution in [0, 0.1) is 11.7 Å². The van der Waals surface area contributed by atoms with Crippen molar-refractivity contribution in [2.75, 3.05) is 13.2 Å². The molecule has 2 rings (SSSR count). The fourth-order valence-electron chi connectivity index (χ4n) is 1.87. The molecule has 1 aliphatic heterocycles. The minimum absolute atomic E-state index is 0.147. The van der Waals surface area contributed by atoms with Gasteiger partial charge in [-0.15, -0.1) is 0 Å². The average Bonchev–Trinajstić information content (AvgIpc) is 2.30. The van der Waals surface area contributed by atoms with Gasteiger partial charge in [-0.25, -0.2) is 4.39 Å². The van der Waals surface area contributed by atoms with E-state index in [9.17, 15) is 4.39 Å². The van der Waals surface area contributed by atoms with Gasteiger partial charge in [0.2, 0.25) is 0 Å². The first-order valence-electron chi connectivity index (χ1n) is 5.22. The van der Waals surface area contributed by atoms with Gasteiger partial charge in [-0.05, 0) is 25.0 Å². The number of nitrogens with two attached hydrogens (primary N) is 1. The average molecular weight is 210 g/mol. The highest BCUT2D eigenvalue weighted by Gasteiger charge is 2.23. The number of rotatable bonds is 2. The van der Waals surface area contributed by atoms with E-state index in [4.69, 9.17) is 10.5 Å². The SMILES string of the molecule is NC(c1ccc(F)cn1)C1CCCOC1. The third-order valence-electron chi connectivity index (χ3n) is 2.80. The van der Waals surface area contributed by atoms with Gasteiger partial charge in [-0.3, -0.25) is 4.98 Å². The van der Waals surface area contributed by atoms with Crippen LogP contribution < -0.4 is 5.73 Å². The summed E-state index contributed by atoms with van der Waals surface area (Å²) in [6.07, 6.45) is 3.30. The maximum Gasteiger partial charge on any atom is 0.141 e. The summed E-state index contributed by atoms with van der Waals surface area (Å²) >= 11 is 0. The van der Waals surface area contributed by atoms with E-state index in [0.717, 1.165) is 25.1 Å². The van der Waals surface area contributed by atoms with E-state index in [1.807, 2.05) is 0 Å². The second-order valence-corrected chi connectivity index (χ2v) is 3.90. The summed E-state index contributed by atoms with van der Waals surface area (Å²) in [5, 5.41) is 0. The van der Waals surface area contributed by atoms with Gasteiger partial charge in [-0.1, -0.05) is 0 Å². The van der Waals surface area contributed by atoms with Crippen molar-refractivity contribution in [3.8, 4) is 0 Å². The van der Waals surface area contributed by atoms with E-state index < -0.39 is 0 Å². The second-order valence-electron chi connectivity index (χ2n) is 3.90. The highest BCUT2D eigenvalue weighted by molar-refractivity contribution is 5.10. The third kappa shape index (κ3) is 2.52. The zero-order valence-corrected chi connectivity index (χ0v) is 8.53. The standard InChI is InChI=1S/C11H15FN2O/c12-9-3-4-10(14-6-9)11(13)8-2-1-5-15-7-8/h3-4,6,8,11H,1-2,5,7,13H2. The summed E-state index contributed by atoms with van der Waals surface area (Å²) in [7, 11) is 0. The van der Waals surface area contributed by atoms with Crippen LogP contribution in [0.2, 0.25) is 0 Å². The monoisotopic (exact) mass is 210 g/mol. The molecule has 2 unspecified atom stereocenters. The van der Waals surface area contributed by atoms with Crippen LogP contribution in [-0.4, -0.2) is 18.2 Å². The lowest BCUT2D eigenvalue weighted by Gasteiger charge is -2.27. The molecule has 3 nitrogen and oxygen atoms in total. The maximum atomic E-state index is 12.7. The molecule has 0 spiro atoms. The van der Waals surface area contributed by atoms with E-state index in [1.165, 1.54) is 12.3 Å². The van der Waals surface area contributed by atoms with Crippen molar-refractivity contribution in [1.82, 2.24) is 4.98 Å². The highest BCUT2D eigenvalue weighted by Crippen LogP contribution is 2.25. The minimum atomic E-state index is -0.328. The first-order valence-corrected chi connectivity index (χ1v) is 5.22. The van der Waals surface area contributed by atoms with Crippen molar-refractivity contribution < 1.29 is 9.13 Å². The van der Waals surface area contributed by atoms with Crippen molar-refractivity contribution in [1.29, 1.82) is 0 Å². The molecule has 2 N–H and O–H groups in total. The van der Waals surface area contributed by atoms with Gasteiger partial charge >= 0.3 is 0 Å². The van der Waals surface area contributed by atoms with E-state index in [2.05, 4.69) is 4.98 Å². The van der Waals surface area contributed by atoms with Crippen LogP contribution in [0.15, 0.2) is 18.3 Å². The molecule has 15 heavy (non-hydrogen) atoms. The molecule has 1 saturated heterocycles. The van der Waals surface area contributed by atoms with Crippen LogP contribution in [0.5, 0.6) is 0 Å². The zero-order chi connectivity index (χ0) is 10.7. The number of hydrogen-bond acceptors (Lipinski definition) is 3. The Morgan fingerprint density at radius 3 is 3.00 bits per heavy atom. The molecule has 0 saturated carbocycles. The molecular weight excluding hydrogens is 195 g/mol. The Kier molecular flexibility index (Phi) is 3.28. The van der Waals surface area contributed by atoms with Crippen molar-refractivity contribution >= 4 is 0 Å². The summed E-state index contributed by atoms with van der Waals surface area (Å²) in [5.41, 5.74) is 6.80. The molecule has 0 amide bonds.